The summed E-state index contributed by atoms with van der Waals surface area (Å²) in [4.78, 5) is 32.8. The molecule has 1 atom stereocenters. The Morgan fingerprint density at radius 1 is 0.917 bits per heavy atom. The Labute approximate surface area is 211 Å². The number of anilines is 1. The van der Waals surface area contributed by atoms with E-state index in [0.717, 1.165) is 4.70 Å². The molecule has 0 bridgehead atoms. The Morgan fingerprint density at radius 2 is 1.61 bits per heavy atom. The Bertz CT molecular complexity index is 1510. The van der Waals surface area contributed by atoms with Crippen molar-refractivity contribution in [2.75, 3.05) is 26.2 Å². The molecule has 5 rings (SSSR count). The van der Waals surface area contributed by atoms with Crippen LogP contribution >= 0.6 is 11.3 Å². The number of carbonyl (C=O) groups is 2. The van der Waals surface area contributed by atoms with Gasteiger partial charge in [-0.05, 0) is 48.5 Å². The average Bonchev–Trinajstić information content (AvgIpc) is 3.45. The summed E-state index contributed by atoms with van der Waals surface area (Å²) in [6, 6.07) is 18.1. The molecule has 1 fully saturated rings. The molecule has 1 saturated heterocycles. The second-order valence-electron chi connectivity index (χ2n) is 7.97. The summed E-state index contributed by atoms with van der Waals surface area (Å²) in [7, 11) is 4.62. The molecule has 3 aromatic carbocycles. The van der Waals surface area contributed by atoms with Gasteiger partial charge in [-0.1, -0.05) is 29.5 Å². The van der Waals surface area contributed by atoms with Gasteiger partial charge in [-0.25, -0.2) is 4.98 Å². The summed E-state index contributed by atoms with van der Waals surface area (Å²) >= 11 is 1.26. The lowest BCUT2D eigenvalue weighted by Crippen LogP contribution is -2.29. The summed E-state index contributed by atoms with van der Waals surface area (Å²) in [5.74, 6) is -0.170. The van der Waals surface area contributed by atoms with Crippen molar-refractivity contribution in [1.82, 2.24) is 4.98 Å². The molecule has 1 aliphatic rings. The van der Waals surface area contributed by atoms with E-state index in [1.165, 1.54) is 30.5 Å². The maximum absolute atomic E-state index is 13.4. The van der Waals surface area contributed by atoms with Crippen LogP contribution in [0.25, 0.3) is 16.0 Å². The van der Waals surface area contributed by atoms with Crippen LogP contribution in [0.2, 0.25) is 0 Å². The van der Waals surface area contributed by atoms with Crippen molar-refractivity contribution >= 4 is 44.1 Å². The average molecular weight is 503 g/mol. The molecule has 1 amide bonds. The van der Waals surface area contributed by atoms with Crippen molar-refractivity contribution in [2.45, 2.75) is 6.04 Å². The fourth-order valence-electron chi connectivity index (χ4n) is 4.24. The SMILES string of the molecule is COc1ccc(/C(O)=C2\C(=O)C(=O)N(c3nc4ccc(OC)cc4s3)[C@@H]2c2ccccc2OC)cc1. The summed E-state index contributed by atoms with van der Waals surface area (Å²) in [6.45, 7) is 0. The Hall–Kier alpha value is -4.37. The van der Waals surface area contributed by atoms with Crippen LogP contribution < -0.4 is 19.1 Å². The predicted octanol–water partition coefficient (Wildman–Crippen LogP) is 4.95. The largest absolute Gasteiger partial charge is 0.507 e. The number of hydrogen-bond acceptors (Lipinski definition) is 8. The minimum absolute atomic E-state index is 0.0495. The molecule has 2 heterocycles. The first-order chi connectivity index (χ1) is 17.5. The van der Waals surface area contributed by atoms with E-state index in [4.69, 9.17) is 14.2 Å². The molecule has 4 aromatic rings. The van der Waals surface area contributed by atoms with Gasteiger partial charge in [0.25, 0.3) is 5.78 Å². The molecule has 0 saturated carbocycles. The van der Waals surface area contributed by atoms with Crippen LogP contribution in [0.4, 0.5) is 5.13 Å². The third-order valence-corrected chi connectivity index (χ3v) is 7.05. The van der Waals surface area contributed by atoms with Crippen LogP contribution in [-0.2, 0) is 9.59 Å². The highest BCUT2D eigenvalue weighted by molar-refractivity contribution is 7.22. The van der Waals surface area contributed by atoms with Crippen LogP contribution in [0.5, 0.6) is 17.2 Å². The summed E-state index contributed by atoms with van der Waals surface area (Å²) in [5, 5.41) is 11.6. The molecular weight excluding hydrogens is 480 g/mol. The number of hydrogen-bond donors (Lipinski definition) is 1. The minimum Gasteiger partial charge on any atom is -0.507 e. The fourth-order valence-corrected chi connectivity index (χ4v) is 5.26. The standard InChI is InChI=1S/C27H22N2O6S/c1-33-16-10-8-15(9-11-16)24(30)22-23(18-6-4-5-7-20(18)35-3)29(26(32)25(22)31)27-28-19-13-12-17(34-2)14-21(19)36-27/h4-14,23,30H,1-3H3/b24-22+/t23-/m1/s1. The van der Waals surface area contributed by atoms with Gasteiger partial charge in [0.15, 0.2) is 5.13 Å². The van der Waals surface area contributed by atoms with E-state index in [-0.39, 0.29) is 11.3 Å². The minimum atomic E-state index is -0.953. The number of benzene rings is 3. The van der Waals surface area contributed by atoms with Crippen LogP contribution in [0, 0.1) is 0 Å². The molecule has 0 unspecified atom stereocenters. The highest BCUT2D eigenvalue weighted by atomic mass is 32.1. The van der Waals surface area contributed by atoms with E-state index in [2.05, 4.69) is 4.98 Å². The quantitative estimate of drug-likeness (QED) is 0.226. The van der Waals surface area contributed by atoms with E-state index in [9.17, 15) is 14.7 Å². The van der Waals surface area contributed by atoms with Crippen molar-refractivity contribution in [3.8, 4) is 17.2 Å². The predicted molar refractivity (Wildman–Crippen MR) is 137 cm³/mol. The Kier molecular flexibility index (Phi) is 6.07. The van der Waals surface area contributed by atoms with Crippen LogP contribution in [-0.4, -0.2) is 43.1 Å². The molecule has 0 spiro atoms. The van der Waals surface area contributed by atoms with Gasteiger partial charge in [0.1, 0.15) is 29.0 Å². The van der Waals surface area contributed by atoms with Crippen molar-refractivity contribution in [3.63, 3.8) is 0 Å². The van der Waals surface area contributed by atoms with Crippen molar-refractivity contribution < 1.29 is 28.9 Å². The van der Waals surface area contributed by atoms with Gasteiger partial charge in [-0.2, -0.15) is 0 Å². The number of aromatic nitrogens is 1. The maximum Gasteiger partial charge on any atom is 0.301 e. The van der Waals surface area contributed by atoms with Gasteiger partial charge >= 0.3 is 5.91 Å². The molecule has 1 aliphatic heterocycles. The molecule has 36 heavy (non-hydrogen) atoms. The van der Waals surface area contributed by atoms with Gasteiger partial charge in [0.05, 0.1) is 37.1 Å². The van der Waals surface area contributed by atoms with Gasteiger partial charge in [0, 0.05) is 11.1 Å². The number of para-hydroxylation sites is 1. The molecule has 0 radical (unpaired) electrons. The van der Waals surface area contributed by atoms with Gasteiger partial charge in [-0.3, -0.25) is 14.5 Å². The zero-order chi connectivity index (χ0) is 25.4. The lowest BCUT2D eigenvalue weighted by atomic mass is 9.94. The number of ketones is 1. The molecule has 8 nitrogen and oxygen atoms in total. The first-order valence-corrected chi connectivity index (χ1v) is 11.8. The topological polar surface area (TPSA) is 98.2 Å². The lowest BCUT2D eigenvalue weighted by Gasteiger charge is -2.24. The second kappa shape index (κ2) is 9.35. The van der Waals surface area contributed by atoms with E-state index in [1.807, 2.05) is 6.07 Å². The van der Waals surface area contributed by atoms with Gasteiger partial charge in [-0.15, -0.1) is 0 Å². The lowest BCUT2D eigenvalue weighted by molar-refractivity contribution is -0.132. The number of aliphatic hydroxyl groups excluding tert-OH is 1. The van der Waals surface area contributed by atoms with Crippen LogP contribution in [0.3, 0.4) is 0 Å². The van der Waals surface area contributed by atoms with Crippen LogP contribution in [0.15, 0.2) is 72.3 Å². The molecule has 9 heteroatoms. The molecule has 0 aliphatic carbocycles. The Balaban J connectivity index is 1.73. The van der Waals surface area contributed by atoms with E-state index >= 15 is 0 Å². The molecular formula is C27H22N2O6S. The van der Waals surface area contributed by atoms with Gasteiger partial charge in [0.2, 0.25) is 0 Å². The third-order valence-electron chi connectivity index (χ3n) is 6.03. The number of Topliss-reactive ketones (excluding diaryl/α,β-unsaturated/α-hetero) is 1. The summed E-state index contributed by atoms with van der Waals surface area (Å²) < 4.78 is 16.9. The first-order valence-electron chi connectivity index (χ1n) is 11.0. The first kappa shape index (κ1) is 23.4. The fraction of sp³-hybridized carbons (Fsp3) is 0.148. The Morgan fingerprint density at radius 3 is 2.31 bits per heavy atom. The smallest absolute Gasteiger partial charge is 0.301 e. The number of fused-ring (bicyclic) bond motifs is 1. The number of nitrogens with zero attached hydrogens (tertiary/aromatic N) is 2. The van der Waals surface area contributed by atoms with Gasteiger partial charge < -0.3 is 19.3 Å². The number of carbonyl (C=O) groups excluding carboxylic acids is 2. The zero-order valence-corrected chi connectivity index (χ0v) is 20.5. The van der Waals surface area contributed by atoms with E-state index in [1.54, 1.807) is 67.8 Å². The molecule has 1 aromatic heterocycles. The number of thiazole rings is 1. The highest BCUT2D eigenvalue weighted by Gasteiger charge is 2.49. The van der Waals surface area contributed by atoms with Crippen molar-refractivity contribution in [1.29, 1.82) is 0 Å². The maximum atomic E-state index is 13.4. The second-order valence-corrected chi connectivity index (χ2v) is 8.98. The van der Waals surface area contributed by atoms with Crippen LogP contribution in [0.1, 0.15) is 17.2 Å². The van der Waals surface area contributed by atoms with Crippen molar-refractivity contribution in [2.24, 2.45) is 0 Å². The normalized spacial score (nSPS) is 17.0. The monoisotopic (exact) mass is 502 g/mol. The van der Waals surface area contributed by atoms with Crippen molar-refractivity contribution in [3.05, 3.63) is 83.4 Å². The number of amides is 1. The summed E-state index contributed by atoms with van der Waals surface area (Å²) in [5.41, 5.74) is 1.53. The van der Waals surface area contributed by atoms with E-state index < -0.39 is 17.7 Å². The zero-order valence-electron chi connectivity index (χ0n) is 19.7. The highest BCUT2D eigenvalue weighted by Crippen LogP contribution is 2.46. The third kappa shape index (κ3) is 3.83. The summed E-state index contributed by atoms with van der Waals surface area (Å²) in [6.07, 6.45) is 0. The number of methoxy groups -OCH3 is 3. The number of rotatable bonds is 6. The van der Waals surface area contributed by atoms with E-state index in [0.29, 0.717) is 39.0 Å². The number of aliphatic hydroxyl groups is 1. The number of ether oxygens (including phenoxy) is 3. The molecule has 182 valence electrons. The molecule has 1 N–H and O–H groups in total.